The molecule has 1 aliphatic rings. The first-order chi connectivity index (χ1) is 10.0. The lowest BCUT2D eigenvalue weighted by Crippen LogP contribution is -2.40. The van der Waals surface area contributed by atoms with Crippen LogP contribution in [0.2, 0.25) is 0 Å². The highest BCUT2D eigenvalue weighted by Gasteiger charge is 2.25. The fourth-order valence-corrected chi connectivity index (χ4v) is 2.56. The Bertz CT molecular complexity index is 547. The van der Waals surface area contributed by atoms with Crippen LogP contribution < -0.4 is 10.2 Å². The first kappa shape index (κ1) is 15.4. The third-order valence-electron chi connectivity index (χ3n) is 3.54. The number of hydrogen-bond acceptors (Lipinski definition) is 5. The molecule has 0 radical (unpaired) electrons. The number of carbonyl (C=O) groups is 1. The molecule has 1 aliphatic heterocycles. The van der Waals surface area contributed by atoms with Gasteiger partial charge < -0.3 is 15.3 Å². The molecule has 0 fully saturated rings. The van der Waals surface area contributed by atoms with Gasteiger partial charge in [-0.25, -0.2) is 0 Å². The van der Waals surface area contributed by atoms with Crippen molar-refractivity contribution < 1.29 is 14.8 Å². The molecular weight excluding hydrogens is 274 g/mol. The van der Waals surface area contributed by atoms with Crippen LogP contribution in [-0.2, 0) is 11.2 Å². The van der Waals surface area contributed by atoms with Crippen LogP contribution in [0.3, 0.4) is 0 Å². The number of nitro benzene ring substituents is 1. The summed E-state index contributed by atoms with van der Waals surface area (Å²) < 4.78 is 0. The van der Waals surface area contributed by atoms with Crippen LogP contribution >= 0.6 is 0 Å². The number of nitro groups is 1. The van der Waals surface area contributed by atoms with Gasteiger partial charge in [-0.05, 0) is 31.5 Å². The number of non-ortho nitro benzene ring substituents is 1. The average molecular weight is 293 g/mol. The number of aliphatic hydroxyl groups is 1. The molecule has 0 aromatic heterocycles. The third-order valence-corrected chi connectivity index (χ3v) is 3.54. The van der Waals surface area contributed by atoms with E-state index in [1.807, 2.05) is 0 Å². The zero-order valence-corrected chi connectivity index (χ0v) is 11.9. The number of β-amino-alcohol motifs (C(OH)–C–C–N with tert-alkyl or cyclic N) is 1. The van der Waals surface area contributed by atoms with Gasteiger partial charge in [0.15, 0.2) is 0 Å². The molecule has 21 heavy (non-hydrogen) atoms. The number of rotatable bonds is 5. The normalized spacial score (nSPS) is 16.3. The Labute approximate surface area is 122 Å². The van der Waals surface area contributed by atoms with E-state index in [1.165, 1.54) is 17.0 Å². The van der Waals surface area contributed by atoms with Gasteiger partial charge in [0.25, 0.3) is 5.69 Å². The van der Waals surface area contributed by atoms with Crippen LogP contribution in [0.5, 0.6) is 0 Å². The maximum Gasteiger partial charge on any atom is 0.269 e. The van der Waals surface area contributed by atoms with E-state index in [0.29, 0.717) is 31.5 Å². The highest BCUT2D eigenvalue weighted by Crippen LogP contribution is 2.30. The van der Waals surface area contributed by atoms with Gasteiger partial charge >= 0.3 is 0 Å². The number of aryl methyl sites for hydroxylation is 1. The number of anilines is 1. The van der Waals surface area contributed by atoms with Crippen molar-refractivity contribution in [2.24, 2.45) is 0 Å². The standard InChI is InChI=1S/C14H19N3O4/c1-15-8-12(18)9-16-13-6-5-11(17(20)21)7-10(13)3-2-4-14(16)19/h5-7,12,15,18H,2-4,8-9H2,1H3. The van der Waals surface area contributed by atoms with Gasteiger partial charge in [-0.2, -0.15) is 0 Å². The molecule has 1 atom stereocenters. The Hall–Kier alpha value is -1.99. The van der Waals surface area contributed by atoms with Crippen molar-refractivity contribution in [2.75, 3.05) is 25.0 Å². The van der Waals surface area contributed by atoms with E-state index >= 15 is 0 Å². The lowest BCUT2D eigenvalue weighted by molar-refractivity contribution is -0.384. The van der Waals surface area contributed by atoms with E-state index < -0.39 is 11.0 Å². The largest absolute Gasteiger partial charge is 0.390 e. The molecule has 1 aromatic carbocycles. The Morgan fingerprint density at radius 2 is 2.24 bits per heavy atom. The first-order valence-electron chi connectivity index (χ1n) is 6.93. The molecule has 0 aliphatic carbocycles. The van der Waals surface area contributed by atoms with Crippen LogP contribution in [0.1, 0.15) is 18.4 Å². The number of amides is 1. The number of fused-ring (bicyclic) bond motifs is 1. The summed E-state index contributed by atoms with van der Waals surface area (Å²) in [6.07, 6.45) is 0.988. The molecule has 0 saturated carbocycles. The van der Waals surface area contributed by atoms with Crippen molar-refractivity contribution >= 4 is 17.3 Å². The zero-order valence-electron chi connectivity index (χ0n) is 11.9. The number of hydrogen-bond donors (Lipinski definition) is 2. The summed E-state index contributed by atoms with van der Waals surface area (Å²) in [4.78, 5) is 24.2. The predicted molar refractivity (Wildman–Crippen MR) is 78.3 cm³/mol. The van der Waals surface area contributed by atoms with E-state index in [1.54, 1.807) is 13.1 Å². The van der Waals surface area contributed by atoms with Gasteiger partial charge in [-0.3, -0.25) is 14.9 Å². The van der Waals surface area contributed by atoms with Gasteiger partial charge in [0.1, 0.15) is 0 Å². The molecule has 114 valence electrons. The van der Waals surface area contributed by atoms with E-state index in [-0.39, 0.29) is 18.1 Å². The van der Waals surface area contributed by atoms with Crippen molar-refractivity contribution in [3.8, 4) is 0 Å². The number of carbonyl (C=O) groups excluding carboxylic acids is 1. The molecule has 2 N–H and O–H groups in total. The van der Waals surface area contributed by atoms with E-state index in [0.717, 1.165) is 5.56 Å². The molecule has 0 spiro atoms. The molecule has 0 bridgehead atoms. The molecule has 0 saturated heterocycles. The molecule has 1 heterocycles. The lowest BCUT2D eigenvalue weighted by Gasteiger charge is -2.25. The quantitative estimate of drug-likeness (QED) is 0.619. The summed E-state index contributed by atoms with van der Waals surface area (Å²) in [5, 5.41) is 23.6. The maximum atomic E-state index is 12.2. The minimum atomic E-state index is -0.680. The molecule has 1 aromatic rings. The second kappa shape index (κ2) is 6.64. The smallest absolute Gasteiger partial charge is 0.269 e. The van der Waals surface area contributed by atoms with Gasteiger partial charge in [-0.1, -0.05) is 0 Å². The third kappa shape index (κ3) is 3.56. The number of nitrogens with zero attached hydrogens (tertiary/aromatic N) is 2. The number of aliphatic hydroxyl groups excluding tert-OH is 1. The summed E-state index contributed by atoms with van der Waals surface area (Å²) in [5.74, 6) is -0.0576. The highest BCUT2D eigenvalue weighted by molar-refractivity contribution is 5.95. The first-order valence-corrected chi connectivity index (χ1v) is 6.93. The summed E-state index contributed by atoms with van der Waals surface area (Å²) >= 11 is 0. The Balaban J connectivity index is 2.32. The summed E-state index contributed by atoms with van der Waals surface area (Å²) in [6.45, 7) is 0.566. The summed E-state index contributed by atoms with van der Waals surface area (Å²) in [6, 6.07) is 4.52. The molecular formula is C14H19N3O4. The van der Waals surface area contributed by atoms with Crippen molar-refractivity contribution in [2.45, 2.75) is 25.4 Å². The van der Waals surface area contributed by atoms with E-state index in [2.05, 4.69) is 5.32 Å². The Kier molecular flexibility index (Phi) is 4.87. The predicted octanol–water partition coefficient (Wildman–Crippen LogP) is 0.844. The van der Waals surface area contributed by atoms with Crippen LogP contribution in [0.25, 0.3) is 0 Å². The van der Waals surface area contributed by atoms with Crippen LogP contribution in [0.15, 0.2) is 18.2 Å². The van der Waals surface area contributed by atoms with Crippen LogP contribution in [-0.4, -0.2) is 42.2 Å². The highest BCUT2D eigenvalue weighted by atomic mass is 16.6. The molecule has 1 amide bonds. The molecule has 1 unspecified atom stereocenters. The van der Waals surface area contributed by atoms with E-state index in [9.17, 15) is 20.0 Å². The summed E-state index contributed by atoms with van der Waals surface area (Å²) in [5.41, 5.74) is 1.48. The van der Waals surface area contributed by atoms with Crippen molar-refractivity contribution in [3.63, 3.8) is 0 Å². The second-order valence-corrected chi connectivity index (χ2v) is 5.14. The van der Waals surface area contributed by atoms with E-state index in [4.69, 9.17) is 0 Å². The fraction of sp³-hybridized carbons (Fsp3) is 0.500. The molecule has 7 nitrogen and oxygen atoms in total. The van der Waals surface area contributed by atoms with Crippen molar-refractivity contribution in [3.05, 3.63) is 33.9 Å². The molecule has 2 rings (SSSR count). The van der Waals surface area contributed by atoms with Gasteiger partial charge in [0, 0.05) is 30.8 Å². The maximum absolute atomic E-state index is 12.2. The monoisotopic (exact) mass is 293 g/mol. The van der Waals surface area contributed by atoms with Gasteiger partial charge in [-0.15, -0.1) is 0 Å². The van der Waals surface area contributed by atoms with Crippen LogP contribution in [0.4, 0.5) is 11.4 Å². The molecule has 7 heteroatoms. The fourth-order valence-electron chi connectivity index (χ4n) is 2.56. The number of nitrogens with one attached hydrogen (secondary N) is 1. The Morgan fingerprint density at radius 1 is 1.48 bits per heavy atom. The number of benzene rings is 1. The summed E-state index contributed by atoms with van der Waals surface area (Å²) in [7, 11) is 1.73. The average Bonchev–Trinajstić information content (AvgIpc) is 2.59. The second-order valence-electron chi connectivity index (χ2n) is 5.14. The minimum Gasteiger partial charge on any atom is -0.390 e. The zero-order chi connectivity index (χ0) is 15.4. The van der Waals surface area contributed by atoms with Gasteiger partial charge in [0.05, 0.1) is 17.6 Å². The minimum absolute atomic E-state index is 0.0267. The Morgan fingerprint density at radius 3 is 2.90 bits per heavy atom. The van der Waals surface area contributed by atoms with Crippen LogP contribution in [0, 0.1) is 10.1 Å². The lowest BCUT2D eigenvalue weighted by atomic mass is 10.1. The topological polar surface area (TPSA) is 95.7 Å². The van der Waals surface area contributed by atoms with Crippen molar-refractivity contribution in [1.29, 1.82) is 0 Å². The van der Waals surface area contributed by atoms with Crippen molar-refractivity contribution in [1.82, 2.24) is 5.32 Å². The SMILES string of the molecule is CNCC(O)CN1C(=O)CCCc2cc([N+](=O)[O-])ccc21. The van der Waals surface area contributed by atoms with Gasteiger partial charge in [0.2, 0.25) is 5.91 Å². The number of likely N-dealkylation sites (N-methyl/N-ethyl adjacent to an activating group) is 1.